The van der Waals surface area contributed by atoms with Gasteiger partial charge in [0.05, 0.1) is 19.3 Å². The molecule has 0 aromatic heterocycles. The molecule has 0 saturated carbocycles. The van der Waals surface area contributed by atoms with E-state index in [1.165, 1.54) is 51.7 Å². The molecule has 2 saturated heterocycles. The normalized spacial score (nSPS) is 22.2. The van der Waals surface area contributed by atoms with Gasteiger partial charge in [-0.3, -0.25) is 4.90 Å². The van der Waals surface area contributed by atoms with E-state index in [4.69, 9.17) is 4.43 Å². The van der Waals surface area contributed by atoms with E-state index in [1.54, 1.807) is 0 Å². The Balaban J connectivity index is 1.64. The van der Waals surface area contributed by atoms with Crippen LogP contribution in [0.4, 0.5) is 0 Å². The van der Waals surface area contributed by atoms with Crippen molar-refractivity contribution < 1.29 is 14.6 Å². The molecule has 0 aromatic carbocycles. The van der Waals surface area contributed by atoms with Crippen molar-refractivity contribution in [2.75, 3.05) is 52.5 Å². The maximum absolute atomic E-state index is 9.40. The van der Waals surface area contributed by atoms with Gasteiger partial charge >= 0.3 is 0 Å². The molecule has 2 fully saturated rings. The van der Waals surface area contributed by atoms with Crippen LogP contribution < -0.4 is 0 Å². The fourth-order valence-electron chi connectivity index (χ4n) is 4.26. The Kier molecular flexibility index (Phi) is 8.35. The van der Waals surface area contributed by atoms with Crippen molar-refractivity contribution in [3.05, 3.63) is 0 Å². The molecule has 1 spiro atoms. The Morgan fingerprint density at radius 2 is 1.59 bits per heavy atom. The summed E-state index contributed by atoms with van der Waals surface area (Å²) < 4.78 is 6.30. The Labute approximate surface area is 168 Å². The number of aliphatic hydroxyl groups is 2. The van der Waals surface area contributed by atoms with Crippen molar-refractivity contribution in [2.24, 2.45) is 5.41 Å². The summed E-state index contributed by atoms with van der Waals surface area (Å²) in [5, 5.41) is 19.1. The minimum atomic E-state index is -1.59. The second-order valence-corrected chi connectivity index (χ2v) is 15.2. The molecule has 0 bridgehead atoms. The van der Waals surface area contributed by atoms with Crippen LogP contribution in [-0.4, -0.2) is 86.9 Å². The fourth-order valence-corrected chi connectivity index (χ4v) is 5.35. The first kappa shape index (κ1) is 23.3. The zero-order valence-corrected chi connectivity index (χ0v) is 19.5. The summed E-state index contributed by atoms with van der Waals surface area (Å²) >= 11 is 0. The van der Waals surface area contributed by atoms with Crippen molar-refractivity contribution in [1.29, 1.82) is 0 Å². The van der Waals surface area contributed by atoms with Gasteiger partial charge in [0.25, 0.3) is 0 Å². The largest absolute Gasteiger partial charge is 0.417 e. The van der Waals surface area contributed by atoms with E-state index >= 15 is 0 Å². The zero-order chi connectivity index (χ0) is 20.1. The maximum Gasteiger partial charge on any atom is 0.191 e. The van der Waals surface area contributed by atoms with Gasteiger partial charge in [-0.25, -0.2) is 0 Å². The Morgan fingerprint density at radius 1 is 1.00 bits per heavy atom. The van der Waals surface area contributed by atoms with Gasteiger partial charge in [0.15, 0.2) is 8.32 Å². The highest BCUT2D eigenvalue weighted by Gasteiger charge is 2.41. The first-order valence-corrected chi connectivity index (χ1v) is 13.9. The average molecular weight is 401 g/mol. The SMILES string of the molecule is CC(C)(C)[Si](C)(C)OCCCCN1CCC2(CCN(C(CO)CO)CC2)C1. The second kappa shape index (κ2) is 9.68. The predicted octanol–water partition coefficient (Wildman–Crippen LogP) is 2.93. The van der Waals surface area contributed by atoms with E-state index in [1.807, 2.05) is 0 Å². The highest BCUT2D eigenvalue weighted by atomic mass is 28.4. The van der Waals surface area contributed by atoms with Crippen molar-refractivity contribution >= 4 is 8.32 Å². The van der Waals surface area contributed by atoms with Gasteiger partial charge in [0, 0.05) is 13.2 Å². The number of nitrogens with zero attached hydrogens (tertiary/aromatic N) is 2. The molecular weight excluding hydrogens is 356 g/mol. The number of hydrogen-bond acceptors (Lipinski definition) is 5. The smallest absolute Gasteiger partial charge is 0.191 e. The highest BCUT2D eigenvalue weighted by Crippen LogP contribution is 2.41. The zero-order valence-electron chi connectivity index (χ0n) is 18.5. The molecule has 6 heteroatoms. The molecule has 0 aromatic rings. The molecule has 2 heterocycles. The molecule has 0 radical (unpaired) electrons. The molecule has 5 nitrogen and oxygen atoms in total. The fraction of sp³-hybridized carbons (Fsp3) is 1.00. The predicted molar refractivity (Wildman–Crippen MR) is 115 cm³/mol. The third-order valence-electron chi connectivity index (χ3n) is 7.45. The van der Waals surface area contributed by atoms with Gasteiger partial charge < -0.3 is 19.5 Å². The standard InChI is InChI=1S/C21H44N2O3Si/c1-20(2,3)27(4,5)26-15-7-6-11-22-12-8-21(18-22)9-13-23(14-10-21)19(16-24)17-25/h19,24-25H,6-18H2,1-5H3. The van der Waals surface area contributed by atoms with Gasteiger partial charge in [-0.2, -0.15) is 0 Å². The minimum absolute atomic E-state index is 0.0621. The van der Waals surface area contributed by atoms with Crippen LogP contribution in [0.3, 0.4) is 0 Å². The van der Waals surface area contributed by atoms with Crippen LogP contribution in [0.1, 0.15) is 52.9 Å². The number of rotatable bonds is 9. The molecule has 2 aliphatic heterocycles. The molecule has 0 aliphatic carbocycles. The summed E-state index contributed by atoms with van der Waals surface area (Å²) in [5.41, 5.74) is 0.476. The van der Waals surface area contributed by atoms with Crippen molar-refractivity contribution in [3.63, 3.8) is 0 Å². The van der Waals surface area contributed by atoms with E-state index < -0.39 is 8.32 Å². The van der Waals surface area contributed by atoms with Crippen LogP contribution in [-0.2, 0) is 4.43 Å². The van der Waals surface area contributed by atoms with Crippen LogP contribution in [0, 0.1) is 5.41 Å². The van der Waals surface area contributed by atoms with E-state index in [0.29, 0.717) is 10.5 Å². The van der Waals surface area contributed by atoms with Gasteiger partial charge in [-0.1, -0.05) is 20.8 Å². The van der Waals surface area contributed by atoms with E-state index in [-0.39, 0.29) is 19.3 Å². The Bertz CT molecular complexity index is 441. The summed E-state index contributed by atoms with van der Waals surface area (Å²) in [6.45, 7) is 18.3. The third-order valence-corrected chi connectivity index (χ3v) is 12.0. The third kappa shape index (κ3) is 6.25. The second-order valence-electron chi connectivity index (χ2n) is 10.4. The number of piperidine rings is 1. The highest BCUT2D eigenvalue weighted by molar-refractivity contribution is 6.74. The van der Waals surface area contributed by atoms with Crippen LogP contribution in [0.15, 0.2) is 0 Å². The number of likely N-dealkylation sites (tertiary alicyclic amines) is 2. The Morgan fingerprint density at radius 3 is 2.15 bits per heavy atom. The first-order chi connectivity index (χ1) is 12.6. The van der Waals surface area contributed by atoms with Gasteiger partial charge in [-0.15, -0.1) is 0 Å². The summed E-state index contributed by atoms with van der Waals surface area (Å²) in [6.07, 6.45) is 6.11. The minimum Gasteiger partial charge on any atom is -0.417 e. The summed E-state index contributed by atoms with van der Waals surface area (Å²) in [5.74, 6) is 0. The van der Waals surface area contributed by atoms with Crippen molar-refractivity contribution in [1.82, 2.24) is 9.80 Å². The number of unbranched alkanes of at least 4 members (excludes halogenated alkanes) is 1. The van der Waals surface area contributed by atoms with Crippen LogP contribution in [0.25, 0.3) is 0 Å². The van der Waals surface area contributed by atoms with Crippen LogP contribution >= 0.6 is 0 Å². The molecule has 0 unspecified atom stereocenters. The average Bonchev–Trinajstić information content (AvgIpc) is 2.99. The summed E-state index contributed by atoms with van der Waals surface area (Å²) in [4.78, 5) is 4.92. The van der Waals surface area contributed by atoms with Crippen molar-refractivity contribution in [2.45, 2.75) is 77.0 Å². The monoisotopic (exact) mass is 400 g/mol. The number of aliphatic hydroxyl groups excluding tert-OH is 2. The Hall–Kier alpha value is 0.0169. The molecule has 0 atom stereocenters. The lowest BCUT2D eigenvalue weighted by atomic mass is 9.77. The van der Waals surface area contributed by atoms with Gasteiger partial charge in [0.1, 0.15) is 0 Å². The topological polar surface area (TPSA) is 56.2 Å². The summed E-state index contributed by atoms with van der Waals surface area (Å²) in [7, 11) is -1.59. The molecular formula is C21H44N2O3Si. The van der Waals surface area contributed by atoms with Crippen LogP contribution in [0.2, 0.25) is 18.1 Å². The molecule has 2 aliphatic rings. The molecule has 2 N–H and O–H groups in total. The lowest BCUT2D eigenvalue weighted by molar-refractivity contribution is 0.0253. The van der Waals surface area contributed by atoms with E-state index in [0.717, 1.165) is 19.7 Å². The lowest BCUT2D eigenvalue weighted by Gasteiger charge is -2.42. The van der Waals surface area contributed by atoms with E-state index in [2.05, 4.69) is 43.7 Å². The molecule has 27 heavy (non-hydrogen) atoms. The van der Waals surface area contributed by atoms with Gasteiger partial charge in [0.2, 0.25) is 0 Å². The van der Waals surface area contributed by atoms with Crippen LogP contribution in [0.5, 0.6) is 0 Å². The number of hydrogen-bond donors (Lipinski definition) is 2. The van der Waals surface area contributed by atoms with Gasteiger partial charge in [-0.05, 0) is 81.8 Å². The molecule has 0 amide bonds. The quantitative estimate of drug-likeness (QED) is 0.460. The molecule has 2 rings (SSSR count). The molecule has 160 valence electrons. The maximum atomic E-state index is 9.40. The van der Waals surface area contributed by atoms with Crippen molar-refractivity contribution in [3.8, 4) is 0 Å². The van der Waals surface area contributed by atoms with E-state index in [9.17, 15) is 10.2 Å². The lowest BCUT2D eigenvalue weighted by Crippen LogP contribution is -2.48. The summed E-state index contributed by atoms with van der Waals surface area (Å²) in [6, 6.07) is -0.0687. The first-order valence-electron chi connectivity index (χ1n) is 10.9.